The standard InChI is InChI=1S/C13H27NO/c1-4-7-8-9-13(14-11-5-2)10-12-15-6-3/h4,13-14H,1,5-12H2,2-3H3. The number of hydrogen-bond acceptors (Lipinski definition) is 2. The predicted octanol–water partition coefficient (Wildman–Crippen LogP) is 3.14. The molecule has 15 heavy (non-hydrogen) atoms. The molecule has 1 N–H and O–H groups in total. The quantitative estimate of drug-likeness (QED) is 0.420. The SMILES string of the molecule is C=CCCCC(CCOCC)NCCC. The van der Waals surface area contributed by atoms with E-state index in [1.165, 1.54) is 19.3 Å². The van der Waals surface area contributed by atoms with Crippen LogP contribution in [0.4, 0.5) is 0 Å². The van der Waals surface area contributed by atoms with Crippen LogP contribution in [0.2, 0.25) is 0 Å². The Bertz CT molecular complexity index is 136. The monoisotopic (exact) mass is 213 g/mol. The Balaban J connectivity index is 3.57. The van der Waals surface area contributed by atoms with Gasteiger partial charge in [-0.3, -0.25) is 0 Å². The van der Waals surface area contributed by atoms with Gasteiger partial charge in [-0.15, -0.1) is 6.58 Å². The lowest BCUT2D eigenvalue weighted by Gasteiger charge is -2.17. The highest BCUT2D eigenvalue weighted by Gasteiger charge is 2.06. The number of allylic oxidation sites excluding steroid dienone is 1. The highest BCUT2D eigenvalue weighted by atomic mass is 16.5. The molecule has 0 aliphatic rings. The summed E-state index contributed by atoms with van der Waals surface area (Å²) in [5, 5.41) is 3.57. The summed E-state index contributed by atoms with van der Waals surface area (Å²) in [4.78, 5) is 0. The molecule has 0 radical (unpaired) electrons. The van der Waals surface area contributed by atoms with Gasteiger partial charge in [-0.2, -0.15) is 0 Å². The molecule has 0 aromatic carbocycles. The molecule has 0 saturated heterocycles. The maximum absolute atomic E-state index is 5.39. The molecule has 0 aliphatic carbocycles. The number of rotatable bonds is 11. The first-order valence-electron chi connectivity index (χ1n) is 6.27. The third-order valence-electron chi connectivity index (χ3n) is 2.46. The highest BCUT2D eigenvalue weighted by Crippen LogP contribution is 2.05. The summed E-state index contributed by atoms with van der Waals surface area (Å²) in [5.74, 6) is 0. The summed E-state index contributed by atoms with van der Waals surface area (Å²) in [5.41, 5.74) is 0. The maximum Gasteiger partial charge on any atom is 0.0480 e. The first kappa shape index (κ1) is 14.7. The molecule has 0 aromatic rings. The molecule has 0 aliphatic heterocycles. The maximum atomic E-state index is 5.39. The van der Waals surface area contributed by atoms with Crippen molar-refractivity contribution in [1.29, 1.82) is 0 Å². The molecule has 0 heterocycles. The van der Waals surface area contributed by atoms with E-state index >= 15 is 0 Å². The van der Waals surface area contributed by atoms with Crippen LogP contribution in [0.15, 0.2) is 12.7 Å². The summed E-state index contributed by atoms with van der Waals surface area (Å²) < 4.78 is 5.39. The van der Waals surface area contributed by atoms with E-state index in [1.807, 2.05) is 13.0 Å². The van der Waals surface area contributed by atoms with E-state index in [9.17, 15) is 0 Å². The van der Waals surface area contributed by atoms with Gasteiger partial charge in [-0.25, -0.2) is 0 Å². The third kappa shape index (κ3) is 9.95. The summed E-state index contributed by atoms with van der Waals surface area (Å²) in [6.07, 6.45) is 7.92. The molecule has 0 bridgehead atoms. The van der Waals surface area contributed by atoms with Gasteiger partial charge in [0.1, 0.15) is 0 Å². The average molecular weight is 213 g/mol. The minimum atomic E-state index is 0.622. The molecule has 2 heteroatoms. The van der Waals surface area contributed by atoms with Crippen LogP contribution < -0.4 is 5.32 Å². The molecule has 1 unspecified atom stereocenters. The molecule has 90 valence electrons. The first-order valence-corrected chi connectivity index (χ1v) is 6.27. The van der Waals surface area contributed by atoms with Crippen molar-refractivity contribution in [3.8, 4) is 0 Å². The van der Waals surface area contributed by atoms with Crippen molar-refractivity contribution in [3.63, 3.8) is 0 Å². The topological polar surface area (TPSA) is 21.3 Å². The molecule has 0 fully saturated rings. The van der Waals surface area contributed by atoms with E-state index in [1.54, 1.807) is 0 Å². The van der Waals surface area contributed by atoms with Crippen LogP contribution in [0.3, 0.4) is 0 Å². The summed E-state index contributed by atoms with van der Waals surface area (Å²) >= 11 is 0. The van der Waals surface area contributed by atoms with Gasteiger partial charge in [-0.1, -0.05) is 13.0 Å². The van der Waals surface area contributed by atoms with E-state index in [0.29, 0.717) is 6.04 Å². The van der Waals surface area contributed by atoms with Gasteiger partial charge in [0.2, 0.25) is 0 Å². The molecule has 0 rings (SSSR count). The number of nitrogens with one attached hydrogen (secondary N) is 1. The summed E-state index contributed by atoms with van der Waals surface area (Å²) in [7, 11) is 0. The van der Waals surface area contributed by atoms with Gasteiger partial charge in [0.25, 0.3) is 0 Å². The second-order valence-electron chi connectivity index (χ2n) is 3.86. The molecule has 0 amide bonds. The Morgan fingerprint density at radius 2 is 2.13 bits per heavy atom. The van der Waals surface area contributed by atoms with Gasteiger partial charge in [-0.05, 0) is 45.6 Å². The van der Waals surface area contributed by atoms with E-state index in [-0.39, 0.29) is 0 Å². The fourth-order valence-corrected chi connectivity index (χ4v) is 1.58. The molecule has 0 aromatic heterocycles. The van der Waals surface area contributed by atoms with Crippen molar-refractivity contribution in [2.75, 3.05) is 19.8 Å². The van der Waals surface area contributed by atoms with E-state index in [2.05, 4.69) is 18.8 Å². The molecular formula is C13H27NO. The Labute approximate surface area is 95.1 Å². The zero-order chi connectivity index (χ0) is 11.4. The molecule has 1 atom stereocenters. The van der Waals surface area contributed by atoms with Crippen molar-refractivity contribution in [3.05, 3.63) is 12.7 Å². The molecule has 0 saturated carbocycles. The van der Waals surface area contributed by atoms with Gasteiger partial charge in [0.15, 0.2) is 0 Å². The van der Waals surface area contributed by atoms with Crippen LogP contribution >= 0.6 is 0 Å². The van der Waals surface area contributed by atoms with Crippen molar-refractivity contribution < 1.29 is 4.74 Å². The molecule has 0 spiro atoms. The van der Waals surface area contributed by atoms with E-state index < -0.39 is 0 Å². The number of unbranched alkanes of at least 4 members (excludes halogenated alkanes) is 1. The third-order valence-corrected chi connectivity index (χ3v) is 2.46. The smallest absolute Gasteiger partial charge is 0.0480 e. The van der Waals surface area contributed by atoms with Crippen molar-refractivity contribution >= 4 is 0 Å². The van der Waals surface area contributed by atoms with Gasteiger partial charge < -0.3 is 10.1 Å². The van der Waals surface area contributed by atoms with Crippen LogP contribution in [0.5, 0.6) is 0 Å². The fraction of sp³-hybridized carbons (Fsp3) is 0.846. The molecule has 2 nitrogen and oxygen atoms in total. The summed E-state index contributed by atoms with van der Waals surface area (Å²) in [6.45, 7) is 10.8. The Kier molecular flexibility index (Phi) is 11.5. The van der Waals surface area contributed by atoms with Crippen molar-refractivity contribution in [1.82, 2.24) is 5.32 Å². The van der Waals surface area contributed by atoms with Gasteiger partial charge in [0.05, 0.1) is 0 Å². The van der Waals surface area contributed by atoms with Gasteiger partial charge in [0, 0.05) is 19.3 Å². The second kappa shape index (κ2) is 11.7. The highest BCUT2D eigenvalue weighted by molar-refractivity contribution is 4.71. The van der Waals surface area contributed by atoms with Crippen LogP contribution in [-0.2, 0) is 4.74 Å². The van der Waals surface area contributed by atoms with E-state index in [0.717, 1.165) is 32.6 Å². The Morgan fingerprint density at radius 3 is 2.73 bits per heavy atom. The lowest BCUT2D eigenvalue weighted by atomic mass is 10.1. The van der Waals surface area contributed by atoms with Gasteiger partial charge >= 0.3 is 0 Å². The lowest BCUT2D eigenvalue weighted by Crippen LogP contribution is -2.31. The Morgan fingerprint density at radius 1 is 1.33 bits per heavy atom. The fourth-order valence-electron chi connectivity index (χ4n) is 1.58. The van der Waals surface area contributed by atoms with Crippen LogP contribution in [-0.4, -0.2) is 25.8 Å². The normalized spacial score (nSPS) is 12.7. The largest absolute Gasteiger partial charge is 0.382 e. The number of ether oxygens (including phenoxy) is 1. The van der Waals surface area contributed by atoms with Crippen LogP contribution in [0.1, 0.15) is 46.0 Å². The lowest BCUT2D eigenvalue weighted by molar-refractivity contribution is 0.135. The van der Waals surface area contributed by atoms with Crippen LogP contribution in [0.25, 0.3) is 0 Å². The minimum absolute atomic E-state index is 0.622. The Hall–Kier alpha value is -0.340. The predicted molar refractivity (Wildman–Crippen MR) is 67.2 cm³/mol. The number of hydrogen-bond donors (Lipinski definition) is 1. The average Bonchev–Trinajstić information content (AvgIpc) is 2.25. The zero-order valence-corrected chi connectivity index (χ0v) is 10.4. The first-order chi connectivity index (χ1) is 7.35. The van der Waals surface area contributed by atoms with Crippen LogP contribution in [0, 0.1) is 0 Å². The van der Waals surface area contributed by atoms with E-state index in [4.69, 9.17) is 4.74 Å². The van der Waals surface area contributed by atoms with Crippen molar-refractivity contribution in [2.24, 2.45) is 0 Å². The zero-order valence-electron chi connectivity index (χ0n) is 10.4. The van der Waals surface area contributed by atoms with Crippen molar-refractivity contribution in [2.45, 2.75) is 52.0 Å². The second-order valence-corrected chi connectivity index (χ2v) is 3.86. The summed E-state index contributed by atoms with van der Waals surface area (Å²) in [6, 6.07) is 0.622. The molecular weight excluding hydrogens is 186 g/mol. The minimum Gasteiger partial charge on any atom is -0.382 e.